The van der Waals surface area contributed by atoms with Crippen molar-refractivity contribution < 1.29 is 49.4 Å². The van der Waals surface area contributed by atoms with Crippen LogP contribution in [0, 0.1) is 0 Å². The Labute approximate surface area is 166 Å². The van der Waals surface area contributed by atoms with E-state index in [1.54, 1.807) is 0 Å². The first-order valence-electron chi connectivity index (χ1n) is 8.18. The van der Waals surface area contributed by atoms with Crippen molar-refractivity contribution in [3.8, 4) is 11.5 Å². The van der Waals surface area contributed by atoms with Crippen molar-refractivity contribution in [1.29, 1.82) is 0 Å². The zero-order chi connectivity index (χ0) is 22.9. The zero-order valence-electron chi connectivity index (χ0n) is 15.1. The van der Waals surface area contributed by atoms with E-state index >= 15 is 0 Å². The van der Waals surface area contributed by atoms with E-state index in [0.29, 0.717) is 24.3 Å². The second kappa shape index (κ2) is 8.17. The average molecular weight is 456 g/mol. The van der Waals surface area contributed by atoms with Gasteiger partial charge in [-0.1, -0.05) is 6.92 Å². The van der Waals surface area contributed by atoms with Crippen molar-refractivity contribution >= 4 is 15.8 Å². The van der Waals surface area contributed by atoms with E-state index in [0.717, 1.165) is 12.1 Å². The van der Waals surface area contributed by atoms with Gasteiger partial charge in [0, 0.05) is 0 Å². The van der Waals surface area contributed by atoms with Gasteiger partial charge in [0.1, 0.15) is 11.5 Å². The molecule has 2 rings (SSSR count). The van der Waals surface area contributed by atoms with Gasteiger partial charge in [0.05, 0.1) is 28.2 Å². The summed E-state index contributed by atoms with van der Waals surface area (Å²) in [6.45, 7) is 1.24. The van der Waals surface area contributed by atoms with Gasteiger partial charge < -0.3 is 9.84 Å². The molecule has 0 amide bonds. The normalized spacial score (nSPS) is 12.6. The van der Waals surface area contributed by atoms with Crippen LogP contribution < -0.4 is 4.74 Å². The molecule has 0 atom stereocenters. The van der Waals surface area contributed by atoms with Crippen LogP contribution in [0.1, 0.15) is 23.6 Å². The highest BCUT2D eigenvalue weighted by atomic mass is 32.2. The van der Waals surface area contributed by atoms with E-state index < -0.39 is 67.9 Å². The molecular weight excluding hydrogens is 442 g/mol. The van der Waals surface area contributed by atoms with Gasteiger partial charge in [-0.25, -0.2) is 8.42 Å². The minimum atomic E-state index is -5.07. The first-order chi connectivity index (χ1) is 13.6. The Morgan fingerprint density at radius 3 is 2.13 bits per heavy atom. The van der Waals surface area contributed by atoms with Crippen molar-refractivity contribution in [2.45, 2.75) is 30.6 Å². The minimum Gasteiger partial charge on any atom is -0.481 e. The van der Waals surface area contributed by atoms with Crippen LogP contribution in [-0.4, -0.2) is 25.2 Å². The number of carbonyl (C=O) groups is 1. The summed E-state index contributed by atoms with van der Waals surface area (Å²) in [5.74, 6) is -3.53. The van der Waals surface area contributed by atoms with Crippen LogP contribution in [0.4, 0.5) is 26.3 Å². The first-order valence-corrected chi connectivity index (χ1v) is 9.83. The number of hydrogen-bond acceptors (Lipinski definition) is 4. The third-order valence-electron chi connectivity index (χ3n) is 3.87. The molecule has 2 aromatic rings. The summed E-state index contributed by atoms with van der Waals surface area (Å²) in [7, 11) is -3.99. The second-order valence-corrected chi connectivity index (χ2v) is 8.37. The molecule has 0 saturated carbocycles. The Kier molecular flexibility index (Phi) is 6.40. The Morgan fingerprint density at radius 2 is 1.63 bits per heavy atom. The lowest BCUT2D eigenvalue weighted by atomic mass is 10.1. The number of alkyl halides is 6. The SMILES string of the molecule is CCS(=O)(=O)c1ccc(Oc2cc(CC(=O)O)cc(C(F)(F)F)c2)c(C(F)(F)F)c1. The van der Waals surface area contributed by atoms with Crippen LogP contribution in [0.3, 0.4) is 0 Å². The number of halogens is 6. The number of benzene rings is 2. The number of sulfone groups is 1. The summed E-state index contributed by atoms with van der Waals surface area (Å²) < 4.78 is 108. The molecule has 2 aromatic carbocycles. The molecule has 0 bridgehead atoms. The molecule has 1 N–H and O–H groups in total. The van der Waals surface area contributed by atoms with Crippen molar-refractivity contribution in [1.82, 2.24) is 0 Å². The standard InChI is InChI=1S/C18H14F6O5S/c1-2-30(27,28)13-3-4-15(14(9-13)18(22,23)24)29-12-6-10(7-16(25)26)5-11(8-12)17(19,20)21/h3-6,8-9H,2,7H2,1H3,(H,25,26). The van der Waals surface area contributed by atoms with Gasteiger partial charge >= 0.3 is 18.3 Å². The molecule has 0 unspecified atom stereocenters. The van der Waals surface area contributed by atoms with Crippen LogP contribution >= 0.6 is 0 Å². The molecule has 0 saturated heterocycles. The lowest BCUT2D eigenvalue weighted by molar-refractivity contribution is -0.139. The summed E-state index contributed by atoms with van der Waals surface area (Å²) in [6.07, 6.45) is -10.8. The fourth-order valence-corrected chi connectivity index (χ4v) is 3.37. The molecule has 5 nitrogen and oxygen atoms in total. The highest BCUT2D eigenvalue weighted by Crippen LogP contribution is 2.41. The van der Waals surface area contributed by atoms with Crippen molar-refractivity contribution in [2.75, 3.05) is 5.75 Å². The van der Waals surface area contributed by atoms with Gasteiger partial charge in [-0.15, -0.1) is 0 Å². The van der Waals surface area contributed by atoms with E-state index in [1.165, 1.54) is 6.92 Å². The molecule has 0 aliphatic heterocycles. The van der Waals surface area contributed by atoms with Crippen molar-refractivity contribution in [3.63, 3.8) is 0 Å². The van der Waals surface area contributed by atoms with Crippen molar-refractivity contribution in [3.05, 3.63) is 53.1 Å². The lowest BCUT2D eigenvalue weighted by Crippen LogP contribution is -2.11. The number of hydrogen-bond donors (Lipinski definition) is 1. The van der Waals surface area contributed by atoms with Gasteiger partial charge in [-0.2, -0.15) is 26.3 Å². The summed E-state index contributed by atoms with van der Waals surface area (Å²) in [4.78, 5) is 10.2. The molecule has 164 valence electrons. The fraction of sp³-hybridized carbons (Fsp3) is 0.278. The van der Waals surface area contributed by atoms with Gasteiger partial charge in [0.15, 0.2) is 9.84 Å². The average Bonchev–Trinajstić information content (AvgIpc) is 2.59. The number of carboxylic acids is 1. The quantitative estimate of drug-likeness (QED) is 0.623. The molecule has 30 heavy (non-hydrogen) atoms. The Hall–Kier alpha value is -2.76. The number of carboxylic acid groups (broad SMARTS) is 1. The largest absolute Gasteiger partial charge is 0.481 e. The predicted octanol–water partition coefficient (Wildman–Crippen LogP) is 4.94. The summed E-state index contributed by atoms with van der Waals surface area (Å²) >= 11 is 0. The molecule has 0 spiro atoms. The summed E-state index contributed by atoms with van der Waals surface area (Å²) in [6, 6.07) is 3.68. The highest BCUT2D eigenvalue weighted by molar-refractivity contribution is 7.91. The number of aliphatic carboxylic acids is 1. The van der Waals surface area contributed by atoms with Gasteiger partial charge in [0.2, 0.25) is 0 Å². The zero-order valence-corrected chi connectivity index (χ0v) is 16.0. The smallest absolute Gasteiger partial charge is 0.420 e. The minimum absolute atomic E-state index is 0.333. The Morgan fingerprint density at radius 1 is 1.00 bits per heavy atom. The highest BCUT2D eigenvalue weighted by Gasteiger charge is 2.36. The predicted molar refractivity (Wildman–Crippen MR) is 92.0 cm³/mol. The lowest BCUT2D eigenvalue weighted by Gasteiger charge is -2.17. The fourth-order valence-electron chi connectivity index (χ4n) is 2.47. The molecule has 0 aliphatic carbocycles. The molecule has 0 aromatic heterocycles. The monoisotopic (exact) mass is 456 g/mol. The molecule has 0 heterocycles. The molecule has 0 radical (unpaired) electrons. The van der Waals surface area contributed by atoms with Crippen LogP contribution in [0.2, 0.25) is 0 Å². The molecule has 0 aliphatic rings. The van der Waals surface area contributed by atoms with Crippen molar-refractivity contribution in [2.24, 2.45) is 0 Å². The van der Waals surface area contributed by atoms with Gasteiger partial charge in [-0.05, 0) is 42.0 Å². The molecule has 12 heteroatoms. The van der Waals surface area contributed by atoms with Crippen LogP contribution in [-0.2, 0) is 33.4 Å². The van der Waals surface area contributed by atoms with E-state index in [-0.39, 0.29) is 5.56 Å². The second-order valence-electron chi connectivity index (χ2n) is 6.10. The van der Waals surface area contributed by atoms with Crippen LogP contribution in [0.5, 0.6) is 11.5 Å². The molecular formula is C18H14F6O5S. The summed E-state index contributed by atoms with van der Waals surface area (Å²) in [5, 5.41) is 8.79. The van der Waals surface area contributed by atoms with Gasteiger partial charge in [0.25, 0.3) is 0 Å². The summed E-state index contributed by atoms with van der Waals surface area (Å²) in [5.41, 5.74) is -3.16. The number of ether oxygens (including phenoxy) is 1. The maximum Gasteiger partial charge on any atom is 0.420 e. The topological polar surface area (TPSA) is 80.7 Å². The Balaban J connectivity index is 2.59. The first kappa shape index (κ1) is 23.5. The third kappa shape index (κ3) is 5.65. The van der Waals surface area contributed by atoms with Crippen LogP contribution in [0.25, 0.3) is 0 Å². The van der Waals surface area contributed by atoms with E-state index in [2.05, 4.69) is 0 Å². The van der Waals surface area contributed by atoms with Gasteiger partial charge in [-0.3, -0.25) is 4.79 Å². The third-order valence-corrected chi connectivity index (χ3v) is 5.60. The van der Waals surface area contributed by atoms with E-state index in [9.17, 15) is 39.6 Å². The van der Waals surface area contributed by atoms with E-state index in [1.807, 2.05) is 0 Å². The molecule has 0 fully saturated rings. The Bertz CT molecular complexity index is 1060. The maximum absolute atomic E-state index is 13.4. The maximum atomic E-state index is 13.4. The van der Waals surface area contributed by atoms with Crippen LogP contribution in [0.15, 0.2) is 41.3 Å². The van der Waals surface area contributed by atoms with E-state index in [4.69, 9.17) is 9.84 Å². The number of rotatable bonds is 6.